The number of amides is 1. The van der Waals surface area contributed by atoms with Crippen LogP contribution >= 0.6 is 15.9 Å². The summed E-state index contributed by atoms with van der Waals surface area (Å²) in [7, 11) is 0. The van der Waals surface area contributed by atoms with E-state index in [1.165, 1.54) is 6.42 Å². The zero-order valence-electron chi connectivity index (χ0n) is 10.8. The highest BCUT2D eigenvalue weighted by molar-refractivity contribution is 9.09. The lowest BCUT2D eigenvalue weighted by Crippen LogP contribution is -2.55. The van der Waals surface area contributed by atoms with Crippen molar-refractivity contribution in [1.29, 1.82) is 0 Å². The Morgan fingerprint density at radius 3 is 2.72 bits per heavy atom. The second-order valence-electron chi connectivity index (χ2n) is 4.92. The van der Waals surface area contributed by atoms with Gasteiger partial charge in [-0.3, -0.25) is 4.79 Å². The van der Waals surface area contributed by atoms with Crippen LogP contribution in [-0.2, 0) is 6.42 Å². The Balaban J connectivity index is 2.20. The van der Waals surface area contributed by atoms with Crippen molar-refractivity contribution in [2.45, 2.75) is 45.1 Å². The lowest BCUT2D eigenvalue weighted by molar-refractivity contribution is 0.0854. The van der Waals surface area contributed by atoms with Crippen molar-refractivity contribution in [3.63, 3.8) is 0 Å². The minimum absolute atomic E-state index is 0.0241. The Morgan fingerprint density at radius 1 is 1.50 bits per heavy atom. The monoisotopic (exact) mass is 311 g/mol. The summed E-state index contributed by atoms with van der Waals surface area (Å²) >= 11 is 3.49. The van der Waals surface area contributed by atoms with Gasteiger partial charge in [0.25, 0.3) is 5.91 Å². The van der Waals surface area contributed by atoms with Crippen LogP contribution in [0.15, 0.2) is 6.07 Å². The molecule has 0 unspecified atom stereocenters. The molecule has 4 nitrogen and oxygen atoms in total. The minimum Gasteiger partial charge on any atom is -0.346 e. The molecule has 0 radical (unpaired) electrons. The van der Waals surface area contributed by atoms with Gasteiger partial charge in [0.2, 0.25) is 0 Å². The number of alkyl halides is 1. The van der Waals surface area contributed by atoms with Crippen molar-refractivity contribution >= 4 is 21.8 Å². The quantitative estimate of drug-likeness (QED) is 0.869. The van der Waals surface area contributed by atoms with Gasteiger partial charge in [0.1, 0.15) is 0 Å². The molecule has 0 spiro atoms. The van der Waals surface area contributed by atoms with Gasteiger partial charge in [-0.25, -0.2) is 0 Å². The van der Waals surface area contributed by atoms with Gasteiger partial charge in [-0.1, -0.05) is 22.9 Å². The molecule has 0 aromatic carbocycles. The summed E-state index contributed by atoms with van der Waals surface area (Å²) < 4.78 is 0. The smallest absolute Gasteiger partial charge is 0.253 e. The highest BCUT2D eigenvalue weighted by atomic mass is 79.9. The van der Waals surface area contributed by atoms with Gasteiger partial charge in [-0.05, 0) is 38.7 Å². The minimum atomic E-state index is -0.0563. The molecule has 1 fully saturated rings. The number of carbonyl (C=O) groups excluding carboxylic acids is 1. The van der Waals surface area contributed by atoms with E-state index in [9.17, 15) is 4.79 Å². The molecule has 2 rings (SSSR count). The first-order valence-corrected chi connectivity index (χ1v) is 7.44. The molecule has 0 atom stereocenters. The van der Waals surface area contributed by atoms with Crippen LogP contribution in [0.4, 0.5) is 0 Å². The maximum absolute atomic E-state index is 12.3. The fraction of sp³-hybridized carbons (Fsp3) is 0.615. The van der Waals surface area contributed by atoms with E-state index >= 15 is 0 Å². The first kappa shape index (κ1) is 13.5. The van der Waals surface area contributed by atoms with Gasteiger partial charge in [0, 0.05) is 5.33 Å². The number of hydrogen-bond acceptors (Lipinski definition) is 3. The van der Waals surface area contributed by atoms with Crippen molar-refractivity contribution in [1.82, 2.24) is 15.5 Å². The van der Waals surface area contributed by atoms with Gasteiger partial charge in [0.05, 0.1) is 22.5 Å². The predicted molar refractivity (Wildman–Crippen MR) is 74.0 cm³/mol. The van der Waals surface area contributed by atoms with Gasteiger partial charge in [0.15, 0.2) is 0 Å². The van der Waals surface area contributed by atoms with E-state index in [0.29, 0.717) is 5.56 Å². The molecular weight excluding hydrogens is 294 g/mol. The summed E-state index contributed by atoms with van der Waals surface area (Å²) in [4.78, 5) is 12.3. The molecule has 1 aromatic rings. The van der Waals surface area contributed by atoms with E-state index in [-0.39, 0.29) is 11.4 Å². The number of nitrogens with one attached hydrogen (secondary N) is 1. The molecule has 1 aromatic heterocycles. The summed E-state index contributed by atoms with van der Waals surface area (Å²) in [5, 5.41) is 12.1. The lowest BCUT2D eigenvalue weighted by Gasteiger charge is -2.41. The van der Waals surface area contributed by atoms with Crippen LogP contribution in [0, 0.1) is 6.92 Å². The molecule has 18 heavy (non-hydrogen) atoms. The second-order valence-corrected chi connectivity index (χ2v) is 5.48. The van der Waals surface area contributed by atoms with Gasteiger partial charge < -0.3 is 5.32 Å². The van der Waals surface area contributed by atoms with Crippen molar-refractivity contribution in [3.05, 3.63) is 23.0 Å². The predicted octanol–water partition coefficient (Wildman–Crippen LogP) is 2.39. The SMILES string of the molecule is CCc1nnc(C)cc1C(=O)NC1(CBr)CCC1. The van der Waals surface area contributed by atoms with E-state index in [0.717, 1.165) is 36.0 Å². The molecular formula is C13H18BrN3O. The molecule has 1 aliphatic rings. The van der Waals surface area contributed by atoms with Crippen LogP contribution in [0.2, 0.25) is 0 Å². The summed E-state index contributed by atoms with van der Waals surface area (Å²) in [5.41, 5.74) is 2.15. The van der Waals surface area contributed by atoms with Gasteiger partial charge >= 0.3 is 0 Å². The Bertz CT molecular complexity index is 452. The number of rotatable bonds is 4. The fourth-order valence-electron chi connectivity index (χ4n) is 2.18. The van der Waals surface area contributed by atoms with E-state index in [2.05, 4.69) is 31.4 Å². The number of aryl methyl sites for hydroxylation is 2. The normalized spacial score (nSPS) is 17.1. The number of halogens is 1. The summed E-state index contributed by atoms with van der Waals surface area (Å²) in [6, 6.07) is 1.82. The zero-order chi connectivity index (χ0) is 13.2. The van der Waals surface area contributed by atoms with Crippen LogP contribution in [0.1, 0.15) is 47.9 Å². The number of hydrogen-bond donors (Lipinski definition) is 1. The van der Waals surface area contributed by atoms with Crippen molar-refractivity contribution in [2.75, 3.05) is 5.33 Å². The van der Waals surface area contributed by atoms with Crippen LogP contribution in [-0.4, -0.2) is 27.0 Å². The van der Waals surface area contributed by atoms with E-state index in [1.807, 2.05) is 19.9 Å². The maximum atomic E-state index is 12.3. The summed E-state index contributed by atoms with van der Waals surface area (Å²) in [6.07, 6.45) is 3.99. The third kappa shape index (κ3) is 2.55. The lowest BCUT2D eigenvalue weighted by atomic mass is 9.78. The zero-order valence-corrected chi connectivity index (χ0v) is 12.4. The van der Waals surface area contributed by atoms with E-state index < -0.39 is 0 Å². The average Bonchev–Trinajstić information content (AvgIpc) is 2.33. The van der Waals surface area contributed by atoms with Gasteiger partial charge in [-0.15, -0.1) is 0 Å². The van der Waals surface area contributed by atoms with E-state index in [1.54, 1.807) is 0 Å². The number of nitrogens with zero attached hydrogens (tertiary/aromatic N) is 2. The molecule has 0 aliphatic heterocycles. The topological polar surface area (TPSA) is 54.9 Å². The summed E-state index contributed by atoms with van der Waals surface area (Å²) in [6.45, 7) is 3.84. The first-order chi connectivity index (χ1) is 8.60. The third-order valence-electron chi connectivity index (χ3n) is 3.52. The molecule has 5 heteroatoms. The maximum Gasteiger partial charge on any atom is 0.253 e. The number of carbonyl (C=O) groups is 1. The largest absolute Gasteiger partial charge is 0.346 e. The van der Waals surface area contributed by atoms with Crippen LogP contribution in [0.3, 0.4) is 0 Å². The molecule has 98 valence electrons. The highest BCUT2D eigenvalue weighted by Gasteiger charge is 2.37. The third-order valence-corrected chi connectivity index (χ3v) is 4.59. The fourth-order valence-corrected chi connectivity index (χ4v) is 2.88. The molecule has 0 bridgehead atoms. The second kappa shape index (κ2) is 5.34. The standard InChI is InChI=1S/C13H18BrN3O/c1-3-11-10(7-9(2)16-17-11)12(18)15-13(8-14)5-4-6-13/h7H,3-6,8H2,1-2H3,(H,15,18). The molecule has 1 saturated carbocycles. The number of aromatic nitrogens is 2. The van der Waals surface area contributed by atoms with Gasteiger partial charge in [-0.2, -0.15) is 10.2 Å². The Hall–Kier alpha value is -0.970. The summed E-state index contributed by atoms with van der Waals surface area (Å²) in [5.74, 6) is -0.0241. The van der Waals surface area contributed by atoms with Crippen molar-refractivity contribution in [3.8, 4) is 0 Å². The Morgan fingerprint density at radius 2 is 2.22 bits per heavy atom. The molecule has 1 amide bonds. The molecule has 1 heterocycles. The van der Waals surface area contributed by atoms with Crippen LogP contribution in [0.5, 0.6) is 0 Å². The molecule has 0 saturated heterocycles. The van der Waals surface area contributed by atoms with Crippen LogP contribution < -0.4 is 5.32 Å². The van der Waals surface area contributed by atoms with Crippen LogP contribution in [0.25, 0.3) is 0 Å². The Kier molecular flexibility index (Phi) is 4.00. The molecule has 1 N–H and O–H groups in total. The first-order valence-electron chi connectivity index (χ1n) is 6.32. The van der Waals surface area contributed by atoms with E-state index in [4.69, 9.17) is 0 Å². The molecule has 1 aliphatic carbocycles. The Labute approximate surface area is 116 Å². The highest BCUT2D eigenvalue weighted by Crippen LogP contribution is 2.33. The van der Waals surface area contributed by atoms with Crippen molar-refractivity contribution in [2.24, 2.45) is 0 Å². The van der Waals surface area contributed by atoms with Crippen molar-refractivity contribution < 1.29 is 4.79 Å². The average molecular weight is 312 g/mol.